The minimum absolute atomic E-state index is 0.169. The van der Waals surface area contributed by atoms with Crippen molar-refractivity contribution in [2.45, 2.75) is 12.1 Å². The standard InChI is InChI=1S/C11H12BrN5O2S/c1-2-19-9(18)6-20-11-14-4-3-8(15-11)17-5-7(12)10(13)16-17/h3-5H,2,6H2,1H3,(H2,13,16). The molecule has 0 aliphatic rings. The average Bonchev–Trinajstić information content (AvgIpc) is 2.77. The number of esters is 1. The van der Waals surface area contributed by atoms with Crippen LogP contribution in [0.1, 0.15) is 6.92 Å². The summed E-state index contributed by atoms with van der Waals surface area (Å²) in [4.78, 5) is 19.7. The largest absolute Gasteiger partial charge is 0.465 e. The zero-order valence-corrected chi connectivity index (χ0v) is 13.0. The number of hydrogen-bond acceptors (Lipinski definition) is 7. The Bertz CT molecular complexity index is 599. The molecule has 0 amide bonds. The molecule has 0 atom stereocenters. The molecule has 2 aromatic rings. The van der Waals surface area contributed by atoms with Crippen LogP contribution in [0.15, 0.2) is 28.1 Å². The summed E-state index contributed by atoms with van der Waals surface area (Å²) >= 11 is 4.49. The zero-order chi connectivity index (χ0) is 14.5. The third-order valence-electron chi connectivity index (χ3n) is 2.17. The van der Waals surface area contributed by atoms with Crippen LogP contribution in [0, 0.1) is 0 Å². The van der Waals surface area contributed by atoms with Crippen LogP contribution in [0.4, 0.5) is 5.82 Å². The van der Waals surface area contributed by atoms with E-state index in [0.717, 1.165) is 0 Å². The smallest absolute Gasteiger partial charge is 0.316 e. The highest BCUT2D eigenvalue weighted by Crippen LogP contribution is 2.20. The number of hydrogen-bond donors (Lipinski definition) is 1. The van der Waals surface area contributed by atoms with Crippen LogP contribution in [-0.4, -0.2) is 38.1 Å². The molecule has 0 saturated heterocycles. The second kappa shape index (κ2) is 6.71. The van der Waals surface area contributed by atoms with Gasteiger partial charge in [-0.2, -0.15) is 0 Å². The SMILES string of the molecule is CCOC(=O)CSc1nccc(-n2cc(Br)c(N)n2)n1. The minimum atomic E-state index is -0.294. The maximum atomic E-state index is 11.3. The number of ether oxygens (including phenoxy) is 1. The molecule has 20 heavy (non-hydrogen) atoms. The van der Waals surface area contributed by atoms with E-state index in [9.17, 15) is 4.79 Å². The maximum absolute atomic E-state index is 11.3. The molecule has 0 unspecified atom stereocenters. The van der Waals surface area contributed by atoms with E-state index in [1.807, 2.05) is 0 Å². The minimum Gasteiger partial charge on any atom is -0.465 e. The monoisotopic (exact) mass is 357 g/mol. The topological polar surface area (TPSA) is 95.9 Å². The Balaban J connectivity index is 2.10. The van der Waals surface area contributed by atoms with Crippen molar-refractivity contribution < 1.29 is 9.53 Å². The Labute approximate surface area is 128 Å². The molecule has 9 heteroatoms. The highest BCUT2D eigenvalue weighted by molar-refractivity contribution is 9.10. The summed E-state index contributed by atoms with van der Waals surface area (Å²) in [6.07, 6.45) is 3.30. The molecule has 106 valence electrons. The first-order chi connectivity index (χ1) is 9.60. The van der Waals surface area contributed by atoms with Crippen LogP contribution in [-0.2, 0) is 9.53 Å². The number of thioether (sulfide) groups is 1. The van der Waals surface area contributed by atoms with Gasteiger partial charge in [0.05, 0.1) is 16.8 Å². The lowest BCUT2D eigenvalue weighted by molar-refractivity contribution is -0.139. The van der Waals surface area contributed by atoms with Crippen molar-refractivity contribution >= 4 is 39.5 Å². The van der Waals surface area contributed by atoms with Crippen molar-refractivity contribution in [3.63, 3.8) is 0 Å². The van der Waals surface area contributed by atoms with Crippen molar-refractivity contribution in [3.8, 4) is 5.82 Å². The van der Waals surface area contributed by atoms with Crippen molar-refractivity contribution in [2.24, 2.45) is 0 Å². The normalized spacial score (nSPS) is 10.5. The second-order valence-electron chi connectivity index (χ2n) is 3.60. The molecular weight excluding hydrogens is 346 g/mol. The van der Waals surface area contributed by atoms with E-state index in [0.29, 0.717) is 27.9 Å². The van der Waals surface area contributed by atoms with Crippen LogP contribution in [0.2, 0.25) is 0 Å². The van der Waals surface area contributed by atoms with Crippen LogP contribution >= 0.6 is 27.7 Å². The van der Waals surface area contributed by atoms with E-state index < -0.39 is 0 Å². The molecule has 0 fully saturated rings. The first kappa shape index (κ1) is 14.8. The number of carbonyl (C=O) groups is 1. The first-order valence-electron chi connectivity index (χ1n) is 5.72. The van der Waals surface area contributed by atoms with Gasteiger partial charge < -0.3 is 10.5 Å². The summed E-state index contributed by atoms with van der Waals surface area (Å²) in [7, 11) is 0. The molecule has 0 aliphatic heterocycles. The molecule has 0 bridgehead atoms. The summed E-state index contributed by atoms with van der Waals surface area (Å²) in [5.41, 5.74) is 5.66. The third kappa shape index (κ3) is 3.70. The van der Waals surface area contributed by atoms with Gasteiger partial charge in [0.15, 0.2) is 16.8 Å². The van der Waals surface area contributed by atoms with Gasteiger partial charge in [-0.1, -0.05) is 11.8 Å². The van der Waals surface area contributed by atoms with E-state index in [4.69, 9.17) is 10.5 Å². The lowest BCUT2D eigenvalue weighted by atomic mass is 10.6. The van der Waals surface area contributed by atoms with Crippen molar-refractivity contribution in [1.29, 1.82) is 0 Å². The van der Waals surface area contributed by atoms with Gasteiger partial charge in [0.2, 0.25) is 0 Å². The second-order valence-corrected chi connectivity index (χ2v) is 5.39. The third-order valence-corrected chi connectivity index (χ3v) is 3.62. The molecule has 0 aromatic carbocycles. The maximum Gasteiger partial charge on any atom is 0.316 e. The van der Waals surface area contributed by atoms with E-state index in [1.165, 1.54) is 16.4 Å². The number of aromatic nitrogens is 4. The fourth-order valence-corrected chi connectivity index (χ4v) is 2.24. The number of nitrogens with two attached hydrogens (primary N) is 1. The Kier molecular flexibility index (Phi) is 4.96. The van der Waals surface area contributed by atoms with Crippen LogP contribution in [0.25, 0.3) is 5.82 Å². The van der Waals surface area contributed by atoms with E-state index in [-0.39, 0.29) is 11.7 Å². The molecule has 2 heterocycles. The highest BCUT2D eigenvalue weighted by atomic mass is 79.9. The number of carbonyl (C=O) groups excluding carboxylic acids is 1. The molecule has 0 aliphatic carbocycles. The van der Waals surface area contributed by atoms with Gasteiger partial charge in [0, 0.05) is 18.5 Å². The fraction of sp³-hybridized carbons (Fsp3) is 0.273. The summed E-state index contributed by atoms with van der Waals surface area (Å²) < 4.78 is 7.07. The van der Waals surface area contributed by atoms with Crippen LogP contribution < -0.4 is 5.73 Å². The molecule has 0 saturated carbocycles. The van der Waals surface area contributed by atoms with Crippen molar-refractivity contribution in [2.75, 3.05) is 18.1 Å². The molecule has 2 N–H and O–H groups in total. The Hall–Kier alpha value is -1.61. The van der Waals surface area contributed by atoms with Crippen LogP contribution in [0.3, 0.4) is 0 Å². The number of nitrogens with zero attached hydrogens (tertiary/aromatic N) is 4. The fourth-order valence-electron chi connectivity index (χ4n) is 1.34. The average molecular weight is 358 g/mol. The van der Waals surface area contributed by atoms with Gasteiger partial charge in [-0.15, -0.1) is 5.10 Å². The summed E-state index contributed by atoms with van der Waals surface area (Å²) in [6, 6.07) is 1.70. The van der Waals surface area contributed by atoms with Gasteiger partial charge in [-0.25, -0.2) is 14.6 Å². The van der Waals surface area contributed by atoms with E-state index in [2.05, 4.69) is 31.0 Å². The molecule has 7 nitrogen and oxygen atoms in total. The van der Waals surface area contributed by atoms with Gasteiger partial charge in [-0.05, 0) is 22.9 Å². The van der Waals surface area contributed by atoms with Gasteiger partial charge in [0.1, 0.15) is 0 Å². The van der Waals surface area contributed by atoms with Gasteiger partial charge >= 0.3 is 5.97 Å². The quantitative estimate of drug-likeness (QED) is 0.493. The number of anilines is 1. The lowest BCUT2D eigenvalue weighted by Crippen LogP contribution is -2.07. The van der Waals surface area contributed by atoms with E-state index in [1.54, 1.807) is 25.4 Å². The number of halogens is 1. The summed E-state index contributed by atoms with van der Waals surface area (Å²) in [5, 5.41) is 4.58. The molecular formula is C11H12BrN5O2S. The molecule has 0 spiro atoms. The summed E-state index contributed by atoms with van der Waals surface area (Å²) in [5.74, 6) is 0.827. The lowest BCUT2D eigenvalue weighted by Gasteiger charge is -2.03. The van der Waals surface area contributed by atoms with Crippen LogP contribution in [0.5, 0.6) is 0 Å². The zero-order valence-electron chi connectivity index (χ0n) is 10.6. The predicted molar refractivity (Wildman–Crippen MR) is 78.6 cm³/mol. The van der Waals surface area contributed by atoms with Crippen molar-refractivity contribution in [1.82, 2.24) is 19.7 Å². The summed E-state index contributed by atoms with van der Waals surface area (Å²) in [6.45, 7) is 2.13. The molecule has 0 radical (unpaired) electrons. The van der Waals surface area contributed by atoms with Gasteiger partial charge in [-0.3, -0.25) is 4.79 Å². The van der Waals surface area contributed by atoms with E-state index >= 15 is 0 Å². The number of nitrogen functional groups attached to an aromatic ring is 1. The molecule has 2 aromatic heterocycles. The highest BCUT2D eigenvalue weighted by Gasteiger charge is 2.09. The predicted octanol–water partition coefficient (Wildman–Crippen LogP) is 1.66. The Morgan fingerprint density at radius 3 is 3.05 bits per heavy atom. The Morgan fingerprint density at radius 1 is 1.60 bits per heavy atom. The Morgan fingerprint density at radius 2 is 2.40 bits per heavy atom. The number of rotatable bonds is 5. The molecule has 2 rings (SSSR count). The van der Waals surface area contributed by atoms with Crippen molar-refractivity contribution in [3.05, 3.63) is 22.9 Å². The first-order valence-corrected chi connectivity index (χ1v) is 7.50. The van der Waals surface area contributed by atoms with Gasteiger partial charge in [0.25, 0.3) is 0 Å².